The highest BCUT2D eigenvalue weighted by Gasteiger charge is 2.04. The van der Waals surface area contributed by atoms with Crippen molar-refractivity contribution in [3.63, 3.8) is 0 Å². The zero-order chi connectivity index (χ0) is 10.4. The molecule has 14 heavy (non-hydrogen) atoms. The third kappa shape index (κ3) is 2.87. The number of hydrogen-bond donors (Lipinski definition) is 0. The Morgan fingerprint density at radius 2 is 2.14 bits per heavy atom. The largest absolute Gasteiger partial charge is 0.493 e. The number of benzene rings is 1. The number of halogens is 1. The van der Waals surface area contributed by atoms with Crippen molar-refractivity contribution in [3.8, 4) is 0 Å². The van der Waals surface area contributed by atoms with Gasteiger partial charge in [0.15, 0.2) is 0 Å². The van der Waals surface area contributed by atoms with Crippen LogP contribution in [-0.2, 0) is 4.74 Å². The van der Waals surface area contributed by atoms with Crippen molar-refractivity contribution in [2.75, 3.05) is 6.61 Å². The Kier molecular flexibility index (Phi) is 4.17. The molecule has 1 aromatic carbocycles. The summed E-state index contributed by atoms with van der Waals surface area (Å²) in [5, 5.41) is 0. The van der Waals surface area contributed by atoms with E-state index in [9.17, 15) is 4.39 Å². The van der Waals surface area contributed by atoms with E-state index in [1.165, 1.54) is 6.07 Å². The second-order valence-corrected chi connectivity index (χ2v) is 3.11. The maximum atomic E-state index is 13.2. The lowest BCUT2D eigenvalue weighted by Gasteiger charge is -2.08. The molecule has 0 amide bonds. The molecule has 1 rings (SSSR count). The summed E-state index contributed by atoms with van der Waals surface area (Å²) >= 11 is 0. The molecule has 76 valence electrons. The van der Waals surface area contributed by atoms with E-state index in [4.69, 9.17) is 4.74 Å². The first-order valence-corrected chi connectivity index (χ1v) is 4.82. The molecule has 2 heteroatoms. The first kappa shape index (κ1) is 10.8. The van der Waals surface area contributed by atoms with Crippen LogP contribution in [0.1, 0.15) is 25.3 Å². The Morgan fingerprint density at radius 3 is 2.79 bits per heavy atom. The van der Waals surface area contributed by atoms with E-state index >= 15 is 0 Å². The summed E-state index contributed by atoms with van der Waals surface area (Å²) < 4.78 is 18.5. The van der Waals surface area contributed by atoms with Gasteiger partial charge in [0.1, 0.15) is 11.6 Å². The molecule has 0 aromatic heterocycles. The van der Waals surface area contributed by atoms with Crippen molar-refractivity contribution in [3.05, 3.63) is 42.2 Å². The van der Waals surface area contributed by atoms with Gasteiger partial charge in [-0.1, -0.05) is 32.1 Å². The molecular formula is C12H15FO. The fourth-order valence-corrected chi connectivity index (χ4v) is 1.10. The van der Waals surface area contributed by atoms with Crippen LogP contribution in [0.25, 0.3) is 5.76 Å². The number of unbranched alkanes of at least 4 members (excludes halogenated alkanes) is 1. The van der Waals surface area contributed by atoms with E-state index in [1.54, 1.807) is 18.2 Å². The molecule has 1 aromatic rings. The van der Waals surface area contributed by atoms with E-state index in [0.717, 1.165) is 12.8 Å². The minimum Gasteiger partial charge on any atom is -0.493 e. The van der Waals surface area contributed by atoms with Crippen LogP contribution in [0.2, 0.25) is 0 Å². The topological polar surface area (TPSA) is 9.23 Å². The molecule has 0 unspecified atom stereocenters. The molecule has 0 saturated heterocycles. The molecule has 0 spiro atoms. The summed E-state index contributed by atoms with van der Waals surface area (Å²) in [5.41, 5.74) is 0.448. The summed E-state index contributed by atoms with van der Waals surface area (Å²) in [6.45, 7) is 6.37. The zero-order valence-corrected chi connectivity index (χ0v) is 8.42. The molecule has 0 aliphatic carbocycles. The van der Waals surface area contributed by atoms with Crippen LogP contribution in [0.15, 0.2) is 30.8 Å². The monoisotopic (exact) mass is 194 g/mol. The lowest BCUT2D eigenvalue weighted by molar-refractivity contribution is 0.269. The lowest BCUT2D eigenvalue weighted by Crippen LogP contribution is -1.95. The van der Waals surface area contributed by atoms with E-state index in [1.807, 2.05) is 0 Å². The predicted molar refractivity (Wildman–Crippen MR) is 56.3 cm³/mol. The van der Waals surface area contributed by atoms with Crippen LogP contribution in [0.5, 0.6) is 0 Å². The summed E-state index contributed by atoms with van der Waals surface area (Å²) in [6.07, 6.45) is 2.03. The van der Waals surface area contributed by atoms with Gasteiger partial charge < -0.3 is 4.74 Å². The fraction of sp³-hybridized carbons (Fsp3) is 0.333. The SMILES string of the molecule is C=C(OCCCC)c1ccccc1F. The maximum Gasteiger partial charge on any atom is 0.134 e. The Balaban J connectivity index is 2.56. The first-order valence-electron chi connectivity index (χ1n) is 4.82. The van der Waals surface area contributed by atoms with E-state index < -0.39 is 0 Å². The van der Waals surface area contributed by atoms with Crippen molar-refractivity contribution in [2.24, 2.45) is 0 Å². The van der Waals surface area contributed by atoms with Crippen LogP contribution in [-0.4, -0.2) is 6.61 Å². The van der Waals surface area contributed by atoms with Gasteiger partial charge in [0.05, 0.1) is 12.2 Å². The van der Waals surface area contributed by atoms with Crippen molar-refractivity contribution >= 4 is 5.76 Å². The van der Waals surface area contributed by atoms with Crippen molar-refractivity contribution in [1.82, 2.24) is 0 Å². The quantitative estimate of drug-likeness (QED) is 0.514. The van der Waals surface area contributed by atoms with Crippen LogP contribution in [0.3, 0.4) is 0 Å². The predicted octanol–water partition coefficient (Wildman–Crippen LogP) is 3.61. The molecular weight excluding hydrogens is 179 g/mol. The van der Waals surface area contributed by atoms with E-state index in [2.05, 4.69) is 13.5 Å². The number of hydrogen-bond acceptors (Lipinski definition) is 1. The molecule has 1 nitrogen and oxygen atoms in total. The average molecular weight is 194 g/mol. The summed E-state index contributed by atoms with van der Waals surface area (Å²) in [6, 6.07) is 6.50. The molecule has 0 aliphatic rings. The molecule has 0 fully saturated rings. The van der Waals surface area contributed by atoms with Crippen molar-refractivity contribution in [2.45, 2.75) is 19.8 Å². The van der Waals surface area contributed by atoms with Gasteiger partial charge in [-0.15, -0.1) is 0 Å². The van der Waals surface area contributed by atoms with Gasteiger partial charge in [0, 0.05) is 0 Å². The Labute approximate surface area is 84.2 Å². The Bertz CT molecular complexity index is 307. The van der Waals surface area contributed by atoms with Gasteiger partial charge in [0.2, 0.25) is 0 Å². The second-order valence-electron chi connectivity index (χ2n) is 3.11. The molecule has 0 aliphatic heterocycles. The van der Waals surface area contributed by atoms with Crippen LogP contribution >= 0.6 is 0 Å². The van der Waals surface area contributed by atoms with Gasteiger partial charge >= 0.3 is 0 Å². The summed E-state index contributed by atoms with van der Waals surface area (Å²) in [4.78, 5) is 0. The minimum absolute atomic E-state index is 0.283. The molecule has 0 saturated carbocycles. The van der Waals surface area contributed by atoms with Gasteiger partial charge in [-0.2, -0.15) is 0 Å². The van der Waals surface area contributed by atoms with Gasteiger partial charge in [0.25, 0.3) is 0 Å². The lowest BCUT2D eigenvalue weighted by atomic mass is 10.2. The smallest absolute Gasteiger partial charge is 0.134 e. The van der Waals surface area contributed by atoms with Crippen LogP contribution < -0.4 is 0 Å². The van der Waals surface area contributed by atoms with Crippen molar-refractivity contribution in [1.29, 1.82) is 0 Å². The standard InChI is InChI=1S/C12H15FO/c1-3-4-9-14-10(2)11-7-5-6-8-12(11)13/h5-8H,2-4,9H2,1H3. The fourth-order valence-electron chi connectivity index (χ4n) is 1.10. The maximum absolute atomic E-state index is 13.2. The van der Waals surface area contributed by atoms with Crippen LogP contribution in [0.4, 0.5) is 4.39 Å². The Morgan fingerprint density at radius 1 is 1.43 bits per heavy atom. The summed E-state index contributed by atoms with van der Waals surface area (Å²) in [7, 11) is 0. The minimum atomic E-state index is -0.283. The second kappa shape index (κ2) is 5.43. The highest BCUT2D eigenvalue weighted by Crippen LogP contribution is 2.17. The first-order chi connectivity index (χ1) is 6.75. The normalized spacial score (nSPS) is 9.86. The van der Waals surface area contributed by atoms with Crippen LogP contribution in [0, 0.1) is 5.82 Å². The van der Waals surface area contributed by atoms with Crippen molar-refractivity contribution < 1.29 is 9.13 Å². The van der Waals surface area contributed by atoms with E-state index in [-0.39, 0.29) is 5.82 Å². The molecule has 0 N–H and O–H groups in total. The molecule has 0 bridgehead atoms. The average Bonchev–Trinajstić information content (AvgIpc) is 2.18. The number of rotatable bonds is 5. The zero-order valence-electron chi connectivity index (χ0n) is 8.42. The van der Waals surface area contributed by atoms with Gasteiger partial charge in [-0.25, -0.2) is 4.39 Å². The highest BCUT2D eigenvalue weighted by atomic mass is 19.1. The Hall–Kier alpha value is -1.31. The van der Waals surface area contributed by atoms with E-state index in [0.29, 0.717) is 17.9 Å². The van der Waals surface area contributed by atoms with Gasteiger partial charge in [-0.3, -0.25) is 0 Å². The highest BCUT2D eigenvalue weighted by molar-refractivity contribution is 5.57. The summed E-state index contributed by atoms with van der Waals surface area (Å²) in [5.74, 6) is 0.130. The molecule has 0 radical (unpaired) electrons. The third-order valence-electron chi connectivity index (χ3n) is 1.95. The van der Waals surface area contributed by atoms with Gasteiger partial charge in [-0.05, 0) is 18.6 Å². The number of ether oxygens (including phenoxy) is 1. The third-order valence-corrected chi connectivity index (χ3v) is 1.95. The molecule has 0 atom stereocenters. The molecule has 0 heterocycles.